The second kappa shape index (κ2) is 12.1. The quantitative estimate of drug-likeness (QED) is 0.439. The van der Waals surface area contributed by atoms with Gasteiger partial charge in [-0.1, -0.05) is 64.3 Å². The van der Waals surface area contributed by atoms with Crippen molar-refractivity contribution in [1.29, 1.82) is 0 Å². The minimum atomic E-state index is -1.12. The highest BCUT2D eigenvalue weighted by atomic mass is 16.5. The lowest BCUT2D eigenvalue weighted by atomic mass is 9.74. The van der Waals surface area contributed by atoms with Crippen LogP contribution >= 0.6 is 0 Å². The van der Waals surface area contributed by atoms with Gasteiger partial charge in [0.2, 0.25) is 17.7 Å². The third-order valence-corrected chi connectivity index (χ3v) is 10.3. The third kappa shape index (κ3) is 5.40. The summed E-state index contributed by atoms with van der Waals surface area (Å²) in [6.07, 6.45) is 8.61. The van der Waals surface area contributed by atoms with Crippen LogP contribution in [-0.4, -0.2) is 102 Å². The van der Waals surface area contributed by atoms with Crippen LogP contribution in [0.1, 0.15) is 64.4 Å². The van der Waals surface area contributed by atoms with Crippen molar-refractivity contribution < 1.29 is 19.1 Å². The highest BCUT2D eigenvalue weighted by Crippen LogP contribution is 2.55. The van der Waals surface area contributed by atoms with Crippen LogP contribution in [0.25, 0.3) is 0 Å². The predicted molar refractivity (Wildman–Crippen MR) is 162 cm³/mol. The molecule has 5 aliphatic rings. The van der Waals surface area contributed by atoms with Gasteiger partial charge in [-0.2, -0.15) is 0 Å². The number of ether oxygens (including phenoxy) is 1. The summed E-state index contributed by atoms with van der Waals surface area (Å²) in [5.74, 6) is -1.53. The average molecular weight is 578 g/mol. The van der Waals surface area contributed by atoms with E-state index in [-0.39, 0.29) is 23.8 Å². The van der Waals surface area contributed by atoms with Gasteiger partial charge in [0, 0.05) is 51.0 Å². The van der Waals surface area contributed by atoms with E-state index in [1.54, 1.807) is 4.90 Å². The number of rotatable bonds is 9. The molecule has 9 heteroatoms. The van der Waals surface area contributed by atoms with Gasteiger partial charge in [0.15, 0.2) is 0 Å². The fraction of sp³-hybridized carbons (Fsp3) is 0.667. The van der Waals surface area contributed by atoms with Crippen molar-refractivity contribution in [2.45, 2.75) is 82.6 Å². The average Bonchev–Trinajstić information content (AvgIpc) is 3.64. The molecule has 2 bridgehead atoms. The Hall–Kier alpha value is -2.75. The van der Waals surface area contributed by atoms with Gasteiger partial charge >= 0.3 is 0 Å². The van der Waals surface area contributed by atoms with Gasteiger partial charge in [0.1, 0.15) is 11.6 Å². The fourth-order valence-corrected chi connectivity index (χ4v) is 7.79. The van der Waals surface area contributed by atoms with Gasteiger partial charge < -0.3 is 25.2 Å². The van der Waals surface area contributed by atoms with Crippen molar-refractivity contribution in [3.05, 3.63) is 42.0 Å². The van der Waals surface area contributed by atoms with Crippen molar-refractivity contribution in [3.63, 3.8) is 0 Å². The second-order valence-corrected chi connectivity index (χ2v) is 13.1. The topological polar surface area (TPSA) is 94.2 Å². The van der Waals surface area contributed by atoms with Crippen LogP contribution in [0.2, 0.25) is 0 Å². The number of anilines is 1. The largest absolute Gasteiger partial charge is 0.359 e. The van der Waals surface area contributed by atoms with Crippen LogP contribution in [-0.2, 0) is 19.1 Å². The van der Waals surface area contributed by atoms with Gasteiger partial charge in [-0.05, 0) is 43.0 Å². The maximum Gasteiger partial charge on any atom is 0.246 e. The molecule has 3 saturated heterocycles. The molecule has 4 heterocycles. The molecule has 2 N–H and O–H groups in total. The van der Waals surface area contributed by atoms with Gasteiger partial charge in [-0.15, -0.1) is 0 Å². The van der Waals surface area contributed by atoms with Crippen LogP contribution in [0.15, 0.2) is 36.4 Å². The van der Waals surface area contributed by atoms with Crippen molar-refractivity contribution in [2.75, 3.05) is 51.1 Å². The lowest BCUT2D eigenvalue weighted by molar-refractivity contribution is -0.141. The molecule has 4 fully saturated rings. The first kappa shape index (κ1) is 29.3. The molecule has 0 radical (unpaired) electrons. The number of carbonyl (C=O) groups excluding carboxylic acids is 3. The number of likely N-dealkylation sites (tertiary alicyclic amines) is 1. The molecule has 0 aromatic heterocycles. The molecule has 0 unspecified atom stereocenters. The SMILES string of the molecule is CCN1CCN(CCN2C(=O)[C@H]3[C@H](C(=O)Nc4ccc(C(C)C)cc4)[C@H]4C=C[C@@]3(O4)[C@H]2C(=O)NC2CCCCC2)CC1. The number of nitrogens with zero attached hydrogens (tertiary/aromatic N) is 3. The van der Waals surface area contributed by atoms with E-state index in [9.17, 15) is 14.4 Å². The minimum absolute atomic E-state index is 0.122. The lowest BCUT2D eigenvalue weighted by Gasteiger charge is -2.37. The standard InChI is InChI=1S/C33H47N5O4/c1-4-36-16-18-37(19-17-36)20-21-38-29(31(40)35-24-8-6-5-7-9-24)33-15-14-26(42-33)27(28(33)32(38)41)30(39)34-25-12-10-23(11-13-25)22(2)3/h10-15,22,24,26-29H,4-9,16-21H2,1-3H3,(H,34,39)(H,35,40)/t26-,27-,28-,29-,33+/m1/s1. The first-order valence-electron chi connectivity index (χ1n) is 16.1. The molecule has 5 atom stereocenters. The van der Waals surface area contributed by atoms with Crippen LogP contribution in [0.4, 0.5) is 5.69 Å². The van der Waals surface area contributed by atoms with Crippen molar-refractivity contribution in [1.82, 2.24) is 20.0 Å². The lowest BCUT2D eigenvalue weighted by Crippen LogP contribution is -2.57. The molecule has 3 amide bonds. The zero-order valence-corrected chi connectivity index (χ0v) is 25.4. The maximum absolute atomic E-state index is 14.3. The number of carbonyl (C=O) groups is 3. The number of hydrogen-bond donors (Lipinski definition) is 2. The van der Waals surface area contributed by atoms with E-state index in [2.05, 4.69) is 41.2 Å². The van der Waals surface area contributed by atoms with E-state index >= 15 is 0 Å². The monoisotopic (exact) mass is 577 g/mol. The van der Waals surface area contributed by atoms with Crippen LogP contribution in [0.5, 0.6) is 0 Å². The molecule has 6 rings (SSSR count). The summed E-state index contributed by atoms with van der Waals surface area (Å²) >= 11 is 0. The Kier molecular flexibility index (Phi) is 8.44. The highest BCUT2D eigenvalue weighted by molar-refractivity contribution is 6.02. The van der Waals surface area contributed by atoms with Crippen LogP contribution in [0.3, 0.4) is 0 Å². The molecule has 42 heavy (non-hydrogen) atoms. The highest BCUT2D eigenvalue weighted by Gasteiger charge is 2.72. The summed E-state index contributed by atoms with van der Waals surface area (Å²) in [5, 5.41) is 6.33. The molecule has 1 aromatic carbocycles. The summed E-state index contributed by atoms with van der Waals surface area (Å²) in [5.41, 5.74) is 0.776. The van der Waals surface area contributed by atoms with E-state index < -0.39 is 29.6 Å². The zero-order chi connectivity index (χ0) is 29.4. The van der Waals surface area contributed by atoms with Crippen molar-refractivity contribution in [3.8, 4) is 0 Å². The Morgan fingerprint density at radius 1 is 0.976 bits per heavy atom. The maximum atomic E-state index is 14.3. The summed E-state index contributed by atoms with van der Waals surface area (Å²) < 4.78 is 6.53. The number of benzene rings is 1. The van der Waals surface area contributed by atoms with Gasteiger partial charge in [-0.3, -0.25) is 19.3 Å². The molecular weight excluding hydrogens is 530 g/mol. The number of likely N-dealkylation sites (N-methyl/N-ethyl adjacent to an activating group) is 1. The fourth-order valence-electron chi connectivity index (χ4n) is 7.79. The van der Waals surface area contributed by atoms with E-state index in [0.29, 0.717) is 24.7 Å². The van der Waals surface area contributed by atoms with Gasteiger partial charge in [-0.25, -0.2) is 0 Å². The van der Waals surface area contributed by atoms with Crippen LogP contribution < -0.4 is 10.6 Å². The van der Waals surface area contributed by atoms with Crippen LogP contribution in [0, 0.1) is 11.8 Å². The van der Waals surface area contributed by atoms with Crippen molar-refractivity contribution >= 4 is 23.4 Å². The van der Waals surface area contributed by atoms with Crippen molar-refractivity contribution in [2.24, 2.45) is 11.8 Å². The molecule has 9 nitrogen and oxygen atoms in total. The molecular formula is C33H47N5O4. The first-order chi connectivity index (χ1) is 20.3. The molecule has 228 valence electrons. The minimum Gasteiger partial charge on any atom is -0.359 e. The van der Waals surface area contributed by atoms with E-state index in [1.807, 2.05) is 36.4 Å². The number of piperazine rings is 1. The first-order valence-corrected chi connectivity index (χ1v) is 16.1. The number of fused-ring (bicyclic) bond motifs is 1. The summed E-state index contributed by atoms with van der Waals surface area (Å²) in [6.45, 7) is 12.6. The molecule has 4 aliphatic heterocycles. The summed E-state index contributed by atoms with van der Waals surface area (Å²) in [6, 6.07) is 7.21. The number of hydrogen-bond acceptors (Lipinski definition) is 6. The Morgan fingerprint density at radius 3 is 2.33 bits per heavy atom. The Balaban J connectivity index is 1.23. The summed E-state index contributed by atoms with van der Waals surface area (Å²) in [4.78, 5) is 48.6. The smallest absolute Gasteiger partial charge is 0.246 e. The van der Waals surface area contributed by atoms with E-state index in [4.69, 9.17) is 4.74 Å². The summed E-state index contributed by atoms with van der Waals surface area (Å²) in [7, 11) is 0. The predicted octanol–water partition coefficient (Wildman–Crippen LogP) is 2.99. The Labute approximate surface area is 250 Å². The molecule has 1 saturated carbocycles. The van der Waals surface area contributed by atoms with E-state index in [0.717, 1.165) is 58.4 Å². The Morgan fingerprint density at radius 2 is 1.67 bits per heavy atom. The van der Waals surface area contributed by atoms with Gasteiger partial charge in [0.25, 0.3) is 0 Å². The molecule has 1 spiro atoms. The normalized spacial score (nSPS) is 31.6. The third-order valence-electron chi connectivity index (χ3n) is 10.3. The number of nitrogens with one attached hydrogen (secondary N) is 2. The Bertz CT molecular complexity index is 1190. The molecule has 1 aliphatic carbocycles. The van der Waals surface area contributed by atoms with E-state index in [1.165, 1.54) is 12.0 Å². The zero-order valence-electron chi connectivity index (χ0n) is 25.4. The van der Waals surface area contributed by atoms with Gasteiger partial charge in [0.05, 0.1) is 17.9 Å². The number of amides is 3. The second-order valence-electron chi connectivity index (χ2n) is 13.1. The molecule has 1 aromatic rings.